The molecule has 2 rings (SSSR count). The van der Waals surface area contributed by atoms with Crippen LogP contribution in [-0.4, -0.2) is 19.0 Å². The van der Waals surface area contributed by atoms with Gasteiger partial charge in [0.1, 0.15) is 0 Å². The van der Waals surface area contributed by atoms with Gasteiger partial charge in [-0.25, -0.2) is 0 Å². The molecule has 2 nitrogen and oxygen atoms in total. The molecule has 1 aromatic carbocycles. The number of nitrogen functional groups attached to an aromatic ring is 1. The average Bonchev–Trinajstić information content (AvgIpc) is 2.46. The van der Waals surface area contributed by atoms with Gasteiger partial charge in [0.05, 0.1) is 0 Å². The summed E-state index contributed by atoms with van der Waals surface area (Å²) in [5, 5.41) is 0. The number of benzene rings is 1. The maximum absolute atomic E-state index is 5.74. The SMILES string of the molecule is CN(C)[C@@H]1CCc2cc(N)ccc21. The van der Waals surface area contributed by atoms with E-state index < -0.39 is 0 Å². The highest BCUT2D eigenvalue weighted by atomic mass is 15.1. The minimum absolute atomic E-state index is 0.593. The van der Waals surface area contributed by atoms with Crippen LogP contribution < -0.4 is 5.73 Å². The lowest BCUT2D eigenvalue weighted by atomic mass is 10.1. The van der Waals surface area contributed by atoms with E-state index in [4.69, 9.17) is 5.73 Å². The van der Waals surface area contributed by atoms with Gasteiger partial charge in [0.25, 0.3) is 0 Å². The number of hydrogen-bond donors (Lipinski definition) is 1. The van der Waals surface area contributed by atoms with Crippen LogP contribution in [0.25, 0.3) is 0 Å². The summed E-state index contributed by atoms with van der Waals surface area (Å²) in [5.74, 6) is 0. The van der Waals surface area contributed by atoms with E-state index in [1.807, 2.05) is 6.07 Å². The summed E-state index contributed by atoms with van der Waals surface area (Å²) in [6, 6.07) is 6.87. The van der Waals surface area contributed by atoms with Crippen LogP contribution in [0.15, 0.2) is 18.2 Å². The van der Waals surface area contributed by atoms with E-state index in [9.17, 15) is 0 Å². The van der Waals surface area contributed by atoms with Crippen molar-refractivity contribution < 1.29 is 0 Å². The second-order valence-electron chi connectivity index (χ2n) is 3.98. The van der Waals surface area contributed by atoms with Gasteiger partial charge in [0, 0.05) is 11.7 Å². The number of nitrogens with two attached hydrogens (primary N) is 1. The zero-order valence-electron chi connectivity index (χ0n) is 8.25. The highest BCUT2D eigenvalue weighted by Gasteiger charge is 2.23. The molecule has 0 aromatic heterocycles. The van der Waals surface area contributed by atoms with Crippen LogP contribution in [0.5, 0.6) is 0 Å². The Morgan fingerprint density at radius 1 is 1.38 bits per heavy atom. The molecular formula is C11H16N2. The normalized spacial score (nSPS) is 20.7. The standard InChI is InChI=1S/C11H16N2/c1-13(2)11-6-3-8-7-9(12)4-5-10(8)11/h4-5,7,11H,3,6,12H2,1-2H3/t11-/m1/s1. The number of aryl methyl sites for hydroxylation is 1. The Kier molecular flexibility index (Phi) is 2.00. The van der Waals surface area contributed by atoms with E-state index >= 15 is 0 Å². The Balaban J connectivity index is 2.38. The molecule has 0 fully saturated rings. The first-order chi connectivity index (χ1) is 6.18. The molecule has 0 aliphatic heterocycles. The van der Waals surface area contributed by atoms with Gasteiger partial charge in [-0.05, 0) is 50.2 Å². The molecule has 0 unspecified atom stereocenters. The van der Waals surface area contributed by atoms with E-state index in [0.29, 0.717) is 6.04 Å². The summed E-state index contributed by atoms with van der Waals surface area (Å²) < 4.78 is 0. The lowest BCUT2D eigenvalue weighted by molar-refractivity contribution is 0.299. The largest absolute Gasteiger partial charge is 0.399 e. The number of fused-ring (bicyclic) bond motifs is 1. The van der Waals surface area contributed by atoms with Crippen LogP contribution in [0, 0.1) is 0 Å². The highest BCUT2D eigenvalue weighted by Crippen LogP contribution is 2.34. The van der Waals surface area contributed by atoms with E-state index in [0.717, 1.165) is 5.69 Å². The predicted octanol–water partition coefficient (Wildman–Crippen LogP) is 1.82. The monoisotopic (exact) mass is 176 g/mol. The number of anilines is 1. The van der Waals surface area contributed by atoms with Crippen LogP contribution in [0.1, 0.15) is 23.6 Å². The first kappa shape index (κ1) is 8.57. The van der Waals surface area contributed by atoms with Crippen molar-refractivity contribution in [1.29, 1.82) is 0 Å². The molecule has 70 valence electrons. The van der Waals surface area contributed by atoms with Gasteiger partial charge in [-0.2, -0.15) is 0 Å². The van der Waals surface area contributed by atoms with Crippen LogP contribution >= 0.6 is 0 Å². The maximum Gasteiger partial charge on any atom is 0.0347 e. The highest BCUT2D eigenvalue weighted by molar-refractivity contribution is 5.47. The first-order valence-electron chi connectivity index (χ1n) is 4.73. The van der Waals surface area contributed by atoms with Crippen molar-refractivity contribution in [2.75, 3.05) is 19.8 Å². The molecule has 2 heteroatoms. The van der Waals surface area contributed by atoms with Crippen LogP contribution in [0.3, 0.4) is 0 Å². The molecule has 1 aromatic rings. The fourth-order valence-corrected chi connectivity index (χ4v) is 2.15. The molecule has 0 spiro atoms. The topological polar surface area (TPSA) is 29.3 Å². The van der Waals surface area contributed by atoms with Crippen molar-refractivity contribution in [3.63, 3.8) is 0 Å². The summed E-state index contributed by atoms with van der Waals surface area (Å²) in [6.45, 7) is 0. The molecule has 13 heavy (non-hydrogen) atoms. The van der Waals surface area contributed by atoms with Gasteiger partial charge in [0.2, 0.25) is 0 Å². The van der Waals surface area contributed by atoms with Gasteiger partial charge >= 0.3 is 0 Å². The van der Waals surface area contributed by atoms with E-state index in [1.54, 1.807) is 0 Å². The Labute approximate surface area is 79.4 Å². The molecule has 0 saturated carbocycles. The van der Waals surface area contributed by atoms with Gasteiger partial charge in [-0.1, -0.05) is 6.07 Å². The Morgan fingerprint density at radius 2 is 2.15 bits per heavy atom. The lowest BCUT2D eigenvalue weighted by Crippen LogP contribution is -2.17. The van der Waals surface area contributed by atoms with E-state index in [-0.39, 0.29) is 0 Å². The van der Waals surface area contributed by atoms with Crippen molar-refractivity contribution in [2.45, 2.75) is 18.9 Å². The van der Waals surface area contributed by atoms with Crippen molar-refractivity contribution >= 4 is 5.69 Å². The molecule has 0 bridgehead atoms. The van der Waals surface area contributed by atoms with Crippen molar-refractivity contribution in [3.8, 4) is 0 Å². The zero-order valence-corrected chi connectivity index (χ0v) is 8.25. The van der Waals surface area contributed by atoms with Crippen LogP contribution in [-0.2, 0) is 6.42 Å². The number of hydrogen-bond acceptors (Lipinski definition) is 2. The van der Waals surface area contributed by atoms with Gasteiger partial charge < -0.3 is 10.6 Å². The third kappa shape index (κ3) is 1.42. The van der Waals surface area contributed by atoms with E-state index in [1.165, 1.54) is 24.0 Å². The minimum atomic E-state index is 0.593. The summed E-state index contributed by atoms with van der Waals surface area (Å²) >= 11 is 0. The Hall–Kier alpha value is -1.02. The van der Waals surface area contributed by atoms with Crippen LogP contribution in [0.2, 0.25) is 0 Å². The molecule has 0 radical (unpaired) electrons. The Bertz CT molecular complexity index is 318. The summed E-state index contributed by atoms with van der Waals surface area (Å²) in [6.07, 6.45) is 2.40. The van der Waals surface area contributed by atoms with Crippen molar-refractivity contribution in [1.82, 2.24) is 4.90 Å². The minimum Gasteiger partial charge on any atom is -0.399 e. The summed E-state index contributed by atoms with van der Waals surface area (Å²) in [5.41, 5.74) is 9.51. The molecule has 1 atom stereocenters. The molecule has 0 saturated heterocycles. The Morgan fingerprint density at radius 3 is 2.85 bits per heavy atom. The molecular weight excluding hydrogens is 160 g/mol. The first-order valence-corrected chi connectivity index (χ1v) is 4.73. The van der Waals surface area contributed by atoms with Gasteiger partial charge in [-0.15, -0.1) is 0 Å². The molecule has 2 N–H and O–H groups in total. The number of nitrogens with zero attached hydrogens (tertiary/aromatic N) is 1. The second-order valence-corrected chi connectivity index (χ2v) is 3.98. The zero-order chi connectivity index (χ0) is 9.42. The van der Waals surface area contributed by atoms with E-state index in [2.05, 4.69) is 31.1 Å². The smallest absolute Gasteiger partial charge is 0.0347 e. The predicted molar refractivity (Wildman–Crippen MR) is 55.6 cm³/mol. The third-order valence-electron chi connectivity index (χ3n) is 2.84. The quantitative estimate of drug-likeness (QED) is 0.661. The summed E-state index contributed by atoms with van der Waals surface area (Å²) in [7, 11) is 4.27. The molecule has 0 amide bonds. The number of rotatable bonds is 1. The van der Waals surface area contributed by atoms with Gasteiger partial charge in [0.15, 0.2) is 0 Å². The molecule has 0 heterocycles. The third-order valence-corrected chi connectivity index (χ3v) is 2.84. The fraction of sp³-hybridized carbons (Fsp3) is 0.455. The van der Waals surface area contributed by atoms with Crippen molar-refractivity contribution in [3.05, 3.63) is 29.3 Å². The van der Waals surface area contributed by atoms with Crippen molar-refractivity contribution in [2.24, 2.45) is 0 Å². The summed E-state index contributed by atoms with van der Waals surface area (Å²) in [4.78, 5) is 2.28. The average molecular weight is 176 g/mol. The van der Waals surface area contributed by atoms with Gasteiger partial charge in [-0.3, -0.25) is 0 Å². The maximum atomic E-state index is 5.74. The molecule has 1 aliphatic carbocycles. The molecule has 1 aliphatic rings. The second kappa shape index (κ2) is 3.04. The lowest BCUT2D eigenvalue weighted by Gasteiger charge is -2.19. The van der Waals surface area contributed by atoms with Crippen LogP contribution in [0.4, 0.5) is 5.69 Å². The fourth-order valence-electron chi connectivity index (χ4n) is 2.15.